The highest BCUT2D eigenvalue weighted by Crippen LogP contribution is 2.25. The van der Waals surface area contributed by atoms with Gasteiger partial charge in [0, 0.05) is 13.2 Å². The van der Waals surface area contributed by atoms with Crippen molar-refractivity contribution in [3.05, 3.63) is 29.8 Å². The summed E-state index contributed by atoms with van der Waals surface area (Å²) in [5.41, 5.74) is 0.240. The van der Waals surface area contributed by atoms with E-state index in [0.717, 1.165) is 25.9 Å². The predicted molar refractivity (Wildman–Crippen MR) is 88.7 cm³/mol. The number of likely N-dealkylation sites (tertiary alicyclic amines) is 1. The molecule has 2 aliphatic rings. The number of para-hydroxylation sites is 1. The van der Waals surface area contributed by atoms with Gasteiger partial charge in [-0.1, -0.05) is 12.1 Å². The number of nitrogens with one attached hydrogen (secondary N) is 1. The molecule has 0 bridgehead atoms. The molecule has 2 amide bonds. The zero-order chi connectivity index (χ0) is 17.1. The normalized spacial score (nSPS) is 24.8. The number of carbonyl (C=O) groups is 2. The fraction of sp³-hybridized carbons (Fsp3) is 0.556. The van der Waals surface area contributed by atoms with Crippen molar-refractivity contribution in [3.63, 3.8) is 0 Å². The fourth-order valence-electron chi connectivity index (χ4n) is 3.50. The van der Waals surface area contributed by atoms with Crippen molar-refractivity contribution < 1.29 is 19.4 Å². The average molecular weight is 332 g/mol. The van der Waals surface area contributed by atoms with Gasteiger partial charge in [0.25, 0.3) is 5.91 Å². The van der Waals surface area contributed by atoms with E-state index >= 15 is 0 Å². The van der Waals surface area contributed by atoms with Gasteiger partial charge in [-0.3, -0.25) is 9.59 Å². The Balaban J connectivity index is 1.67. The number of rotatable bonds is 4. The highest BCUT2D eigenvalue weighted by Gasteiger charge is 2.36. The minimum Gasteiger partial charge on any atom is -0.507 e. The largest absolute Gasteiger partial charge is 0.507 e. The summed E-state index contributed by atoms with van der Waals surface area (Å²) in [5, 5.41) is 12.9. The number of hydrogen-bond acceptors (Lipinski definition) is 4. The van der Waals surface area contributed by atoms with Gasteiger partial charge in [-0.05, 0) is 44.7 Å². The molecule has 3 unspecified atom stereocenters. The maximum Gasteiger partial charge on any atom is 0.258 e. The summed E-state index contributed by atoms with van der Waals surface area (Å²) in [6.07, 6.45) is 3.45. The molecular weight excluding hydrogens is 308 g/mol. The number of hydrogen-bond donors (Lipinski definition) is 2. The van der Waals surface area contributed by atoms with E-state index in [1.54, 1.807) is 23.1 Å². The minimum absolute atomic E-state index is 0.0534. The smallest absolute Gasteiger partial charge is 0.258 e. The molecule has 6 nitrogen and oxygen atoms in total. The highest BCUT2D eigenvalue weighted by molar-refractivity contribution is 5.99. The molecule has 130 valence electrons. The predicted octanol–water partition coefficient (Wildman–Crippen LogP) is 1.68. The molecule has 2 saturated heterocycles. The van der Waals surface area contributed by atoms with Crippen LogP contribution in [0.5, 0.6) is 5.75 Å². The summed E-state index contributed by atoms with van der Waals surface area (Å²) >= 11 is 0. The van der Waals surface area contributed by atoms with Crippen LogP contribution in [0.1, 0.15) is 43.0 Å². The van der Waals surface area contributed by atoms with E-state index in [1.807, 2.05) is 6.92 Å². The molecule has 3 rings (SSSR count). The van der Waals surface area contributed by atoms with Crippen LogP contribution in [-0.4, -0.2) is 53.2 Å². The van der Waals surface area contributed by atoms with Gasteiger partial charge in [-0.2, -0.15) is 0 Å². The maximum atomic E-state index is 12.7. The molecule has 0 spiro atoms. The van der Waals surface area contributed by atoms with Crippen molar-refractivity contribution in [1.82, 2.24) is 10.2 Å². The van der Waals surface area contributed by atoms with Crippen LogP contribution in [0, 0.1) is 0 Å². The lowest BCUT2D eigenvalue weighted by atomic mass is 10.1. The molecule has 2 heterocycles. The molecule has 3 atom stereocenters. The topological polar surface area (TPSA) is 78.9 Å². The third kappa shape index (κ3) is 3.38. The van der Waals surface area contributed by atoms with E-state index in [2.05, 4.69) is 5.32 Å². The van der Waals surface area contributed by atoms with E-state index in [-0.39, 0.29) is 35.3 Å². The van der Waals surface area contributed by atoms with Crippen LogP contribution >= 0.6 is 0 Å². The number of phenolic OH excluding ortho intramolecular Hbond substituents is 1. The third-order valence-corrected chi connectivity index (χ3v) is 4.84. The number of aromatic hydroxyl groups is 1. The number of nitrogens with zero attached hydrogens (tertiary/aromatic N) is 1. The summed E-state index contributed by atoms with van der Waals surface area (Å²) < 4.78 is 5.61. The zero-order valence-electron chi connectivity index (χ0n) is 13.9. The van der Waals surface area contributed by atoms with Crippen molar-refractivity contribution in [2.45, 2.75) is 50.8 Å². The molecule has 0 aliphatic carbocycles. The number of ether oxygens (including phenoxy) is 1. The number of phenols is 1. The van der Waals surface area contributed by atoms with Crippen LogP contribution < -0.4 is 5.32 Å². The summed E-state index contributed by atoms with van der Waals surface area (Å²) in [7, 11) is 0. The van der Waals surface area contributed by atoms with Crippen molar-refractivity contribution in [3.8, 4) is 5.75 Å². The van der Waals surface area contributed by atoms with Gasteiger partial charge in [0.15, 0.2) is 0 Å². The molecular formula is C18H24N2O4. The molecule has 2 N–H and O–H groups in total. The quantitative estimate of drug-likeness (QED) is 0.879. The zero-order valence-corrected chi connectivity index (χ0v) is 13.9. The average Bonchev–Trinajstić information content (AvgIpc) is 3.26. The molecule has 2 aliphatic heterocycles. The van der Waals surface area contributed by atoms with Gasteiger partial charge in [0.1, 0.15) is 11.8 Å². The summed E-state index contributed by atoms with van der Waals surface area (Å²) in [5.74, 6) is -0.490. The Morgan fingerprint density at radius 2 is 2.08 bits per heavy atom. The van der Waals surface area contributed by atoms with E-state index in [1.165, 1.54) is 6.07 Å². The van der Waals surface area contributed by atoms with Crippen molar-refractivity contribution in [2.75, 3.05) is 13.2 Å². The first-order chi connectivity index (χ1) is 11.6. The Morgan fingerprint density at radius 1 is 1.29 bits per heavy atom. The summed E-state index contributed by atoms with van der Waals surface area (Å²) in [4.78, 5) is 26.9. The van der Waals surface area contributed by atoms with E-state index < -0.39 is 6.04 Å². The number of carbonyl (C=O) groups excluding carboxylic acids is 2. The van der Waals surface area contributed by atoms with Crippen LogP contribution in [0.2, 0.25) is 0 Å². The van der Waals surface area contributed by atoms with Gasteiger partial charge in [0.05, 0.1) is 17.7 Å². The van der Waals surface area contributed by atoms with Crippen molar-refractivity contribution >= 4 is 11.8 Å². The van der Waals surface area contributed by atoms with Gasteiger partial charge >= 0.3 is 0 Å². The molecule has 0 aromatic heterocycles. The number of benzene rings is 1. The Bertz CT molecular complexity index is 613. The van der Waals surface area contributed by atoms with Crippen molar-refractivity contribution in [2.24, 2.45) is 0 Å². The molecule has 6 heteroatoms. The second kappa shape index (κ2) is 7.21. The Labute approximate surface area is 141 Å². The van der Waals surface area contributed by atoms with Gasteiger partial charge in [-0.15, -0.1) is 0 Å². The molecule has 0 saturated carbocycles. The SMILES string of the molecule is CC(NC(=O)C1CCCN1C(=O)c1ccccc1O)C1CCCO1. The first kappa shape index (κ1) is 16.8. The molecule has 24 heavy (non-hydrogen) atoms. The van der Waals surface area contributed by atoms with Crippen LogP contribution in [0.4, 0.5) is 0 Å². The van der Waals surface area contributed by atoms with Gasteiger partial charge in [0.2, 0.25) is 5.91 Å². The molecule has 1 aromatic carbocycles. The number of amides is 2. The minimum atomic E-state index is -0.485. The second-order valence-electron chi connectivity index (χ2n) is 6.52. The Hall–Kier alpha value is -2.08. The molecule has 1 aromatic rings. The van der Waals surface area contributed by atoms with Crippen molar-refractivity contribution in [1.29, 1.82) is 0 Å². The van der Waals surface area contributed by atoms with Crippen LogP contribution in [0.25, 0.3) is 0 Å². The lowest BCUT2D eigenvalue weighted by molar-refractivity contribution is -0.126. The lowest BCUT2D eigenvalue weighted by Gasteiger charge is -2.27. The first-order valence-corrected chi connectivity index (χ1v) is 8.59. The first-order valence-electron chi connectivity index (χ1n) is 8.59. The monoisotopic (exact) mass is 332 g/mol. The second-order valence-corrected chi connectivity index (χ2v) is 6.52. The molecule has 2 fully saturated rings. The van der Waals surface area contributed by atoms with E-state index in [0.29, 0.717) is 13.0 Å². The van der Waals surface area contributed by atoms with Crippen LogP contribution in [-0.2, 0) is 9.53 Å². The van der Waals surface area contributed by atoms with Gasteiger partial charge in [-0.25, -0.2) is 0 Å². The highest BCUT2D eigenvalue weighted by atomic mass is 16.5. The van der Waals surface area contributed by atoms with Gasteiger partial charge < -0.3 is 20.1 Å². The maximum absolute atomic E-state index is 12.7. The fourth-order valence-corrected chi connectivity index (χ4v) is 3.50. The standard InChI is InChI=1S/C18H24N2O4/c1-12(16-9-5-11-24-16)19-17(22)14-7-4-10-20(14)18(23)13-6-2-3-8-15(13)21/h2-3,6,8,12,14,16,21H,4-5,7,9-11H2,1H3,(H,19,22). The lowest BCUT2D eigenvalue weighted by Crippen LogP contribution is -2.50. The third-order valence-electron chi connectivity index (χ3n) is 4.84. The van der Waals surface area contributed by atoms with E-state index in [4.69, 9.17) is 4.74 Å². The van der Waals surface area contributed by atoms with E-state index in [9.17, 15) is 14.7 Å². The van der Waals surface area contributed by atoms with Crippen LogP contribution in [0.3, 0.4) is 0 Å². The Morgan fingerprint density at radius 3 is 2.79 bits per heavy atom. The molecule has 0 radical (unpaired) electrons. The summed E-state index contributed by atoms with van der Waals surface area (Å²) in [6.45, 7) is 3.21. The van der Waals surface area contributed by atoms with Crippen LogP contribution in [0.15, 0.2) is 24.3 Å². The Kier molecular flexibility index (Phi) is 5.04. The summed E-state index contributed by atoms with van der Waals surface area (Å²) in [6, 6.07) is 5.89.